The number of rotatable bonds is 1. The summed E-state index contributed by atoms with van der Waals surface area (Å²) in [5.74, 6) is -1.22. The van der Waals surface area contributed by atoms with Gasteiger partial charge in [-0.3, -0.25) is 24.3 Å². The summed E-state index contributed by atoms with van der Waals surface area (Å²) in [5, 5.41) is 0.444. The van der Waals surface area contributed by atoms with E-state index in [1.807, 2.05) is 0 Å². The quantitative estimate of drug-likeness (QED) is 0.364. The van der Waals surface area contributed by atoms with E-state index in [2.05, 4.69) is 10.3 Å². The SMILES string of the molecule is [B]c1cc(N)c2c(=O)n(C3CC([B])([B])C(=O)NC3=O)c(C)nc2c1. The summed E-state index contributed by atoms with van der Waals surface area (Å²) in [7, 11) is 17.1. The number of carbonyl (C=O) groups is 2. The number of nitrogens with one attached hydrogen (secondary N) is 1. The maximum atomic E-state index is 12.9. The first-order chi connectivity index (χ1) is 11.1. The van der Waals surface area contributed by atoms with E-state index in [0.717, 1.165) is 4.57 Å². The summed E-state index contributed by atoms with van der Waals surface area (Å²) < 4.78 is 1.14. The molecule has 1 aromatic heterocycles. The minimum Gasteiger partial charge on any atom is -0.398 e. The number of nitrogens with zero attached hydrogens (tertiary/aromatic N) is 2. The third-order valence-electron chi connectivity index (χ3n) is 4.04. The van der Waals surface area contributed by atoms with Gasteiger partial charge in [0.05, 0.1) is 26.6 Å². The molecule has 2 amide bonds. The van der Waals surface area contributed by atoms with Crippen molar-refractivity contribution in [1.82, 2.24) is 14.9 Å². The molecule has 1 aliphatic rings. The van der Waals surface area contributed by atoms with Crippen LogP contribution in [0.4, 0.5) is 5.69 Å². The average Bonchev–Trinajstić information content (AvgIpc) is 2.43. The van der Waals surface area contributed by atoms with Crippen molar-refractivity contribution in [2.45, 2.75) is 24.6 Å². The Bertz CT molecular complexity index is 954. The van der Waals surface area contributed by atoms with Gasteiger partial charge in [-0.2, -0.15) is 0 Å². The summed E-state index contributed by atoms with van der Waals surface area (Å²) in [6.07, 6.45) is -0.236. The number of fused-ring (bicyclic) bond motifs is 1. The van der Waals surface area contributed by atoms with Crippen molar-refractivity contribution in [2.75, 3.05) is 5.73 Å². The largest absolute Gasteiger partial charge is 0.398 e. The zero-order valence-electron chi connectivity index (χ0n) is 12.9. The van der Waals surface area contributed by atoms with Crippen molar-refractivity contribution in [3.8, 4) is 0 Å². The number of aryl methyl sites for hydroxylation is 1. The second-order valence-corrected chi connectivity index (χ2v) is 5.92. The fraction of sp³-hybridized carbons (Fsp3) is 0.286. The molecule has 0 bridgehead atoms. The number of amides is 2. The van der Waals surface area contributed by atoms with Crippen LogP contribution in [0.25, 0.3) is 10.9 Å². The van der Waals surface area contributed by atoms with E-state index >= 15 is 0 Å². The van der Waals surface area contributed by atoms with Gasteiger partial charge in [0.15, 0.2) is 0 Å². The molecule has 10 heteroatoms. The fourth-order valence-corrected chi connectivity index (χ4v) is 2.88. The number of imide groups is 1. The third kappa shape index (κ3) is 2.42. The highest BCUT2D eigenvalue weighted by Gasteiger charge is 2.41. The highest BCUT2D eigenvalue weighted by atomic mass is 16.2. The Balaban J connectivity index is 2.25. The van der Waals surface area contributed by atoms with Crippen LogP contribution in [-0.4, -0.2) is 44.9 Å². The van der Waals surface area contributed by atoms with Gasteiger partial charge < -0.3 is 5.73 Å². The fourth-order valence-electron chi connectivity index (χ4n) is 2.88. The molecule has 1 fully saturated rings. The molecule has 1 aliphatic heterocycles. The summed E-state index contributed by atoms with van der Waals surface area (Å²) in [6, 6.07) is 1.88. The molecule has 0 saturated carbocycles. The first-order valence-electron chi connectivity index (χ1n) is 7.12. The van der Waals surface area contributed by atoms with Crippen LogP contribution in [0.3, 0.4) is 0 Å². The molecule has 2 heterocycles. The molecule has 3 N–H and O–H groups in total. The molecule has 114 valence electrons. The van der Waals surface area contributed by atoms with Crippen LogP contribution in [0.1, 0.15) is 18.3 Å². The minimum atomic E-state index is -1.77. The Hall–Kier alpha value is -2.51. The molecule has 0 aliphatic carbocycles. The zero-order valence-corrected chi connectivity index (χ0v) is 12.9. The van der Waals surface area contributed by atoms with Crippen LogP contribution in [0, 0.1) is 6.92 Å². The van der Waals surface area contributed by atoms with Crippen LogP contribution in [0.15, 0.2) is 16.9 Å². The van der Waals surface area contributed by atoms with Gasteiger partial charge in [0, 0.05) is 5.69 Å². The lowest BCUT2D eigenvalue weighted by Crippen LogP contribution is -2.52. The molecular weight excluding hydrogens is 305 g/mol. The number of aromatic nitrogens is 2. The highest BCUT2D eigenvalue weighted by molar-refractivity contribution is 6.52. The number of nitrogens with two attached hydrogens (primary N) is 1. The molecule has 1 aromatic carbocycles. The van der Waals surface area contributed by atoms with E-state index in [-0.39, 0.29) is 23.3 Å². The summed E-state index contributed by atoms with van der Waals surface area (Å²) in [6.45, 7) is 1.55. The van der Waals surface area contributed by atoms with Crippen LogP contribution in [0.5, 0.6) is 0 Å². The summed E-state index contributed by atoms with van der Waals surface area (Å²) in [4.78, 5) is 41.0. The lowest BCUT2D eigenvalue weighted by atomic mass is 9.50. The Morgan fingerprint density at radius 1 is 1.33 bits per heavy atom. The molecule has 1 atom stereocenters. The van der Waals surface area contributed by atoms with E-state index in [1.165, 1.54) is 12.1 Å². The molecular formula is C14H11B3N4O3. The monoisotopic (exact) mass is 316 g/mol. The van der Waals surface area contributed by atoms with Crippen molar-refractivity contribution < 1.29 is 9.59 Å². The normalized spacial score (nSPS) is 20.1. The van der Waals surface area contributed by atoms with Crippen molar-refractivity contribution >= 4 is 57.4 Å². The molecule has 3 rings (SSSR count). The van der Waals surface area contributed by atoms with Gasteiger partial charge >= 0.3 is 0 Å². The van der Waals surface area contributed by atoms with Crippen LogP contribution in [0.2, 0.25) is 5.21 Å². The number of carbonyl (C=O) groups excluding carboxylic acids is 2. The third-order valence-corrected chi connectivity index (χ3v) is 4.04. The van der Waals surface area contributed by atoms with Crippen molar-refractivity contribution in [3.05, 3.63) is 28.3 Å². The molecule has 6 radical (unpaired) electrons. The summed E-state index contributed by atoms with van der Waals surface area (Å²) >= 11 is 0. The van der Waals surface area contributed by atoms with Crippen LogP contribution >= 0.6 is 0 Å². The highest BCUT2D eigenvalue weighted by Crippen LogP contribution is 2.33. The van der Waals surface area contributed by atoms with E-state index < -0.39 is 28.6 Å². The molecule has 7 nitrogen and oxygen atoms in total. The molecule has 1 saturated heterocycles. The second-order valence-electron chi connectivity index (χ2n) is 5.92. The molecule has 0 spiro atoms. The first-order valence-corrected chi connectivity index (χ1v) is 7.12. The number of piperidine rings is 1. The van der Waals surface area contributed by atoms with Gasteiger partial charge in [0.1, 0.15) is 19.7 Å². The lowest BCUT2D eigenvalue weighted by Gasteiger charge is -2.35. The van der Waals surface area contributed by atoms with Crippen molar-refractivity contribution in [2.24, 2.45) is 0 Å². The lowest BCUT2D eigenvalue weighted by molar-refractivity contribution is -0.136. The average molecular weight is 316 g/mol. The number of benzene rings is 1. The molecule has 24 heavy (non-hydrogen) atoms. The van der Waals surface area contributed by atoms with Gasteiger partial charge in [0.2, 0.25) is 11.8 Å². The van der Waals surface area contributed by atoms with E-state index in [9.17, 15) is 14.4 Å². The standard InChI is InChI=1S/C14H11B3N4O3/c1-5-19-8-3-6(15)2-7(18)10(8)12(23)21(5)9-4-14(16,17)13(24)20-11(9)22/h2-3,9H,4,18H2,1H3,(H,20,22,24). The molecule has 2 aromatic rings. The number of hydrogen-bond donors (Lipinski definition) is 2. The number of anilines is 1. The van der Waals surface area contributed by atoms with Gasteiger partial charge in [-0.15, -0.1) is 0 Å². The van der Waals surface area contributed by atoms with Crippen LogP contribution in [-0.2, 0) is 9.59 Å². The summed E-state index contributed by atoms with van der Waals surface area (Å²) in [5.41, 5.74) is 6.19. The maximum Gasteiger partial charge on any atom is 0.264 e. The number of nitrogen functional groups attached to an aromatic ring is 1. The predicted octanol–water partition coefficient (Wildman–Crippen LogP) is -1.88. The van der Waals surface area contributed by atoms with E-state index in [4.69, 9.17) is 29.3 Å². The Morgan fingerprint density at radius 3 is 2.67 bits per heavy atom. The maximum absolute atomic E-state index is 12.9. The Morgan fingerprint density at radius 2 is 2.00 bits per heavy atom. The topological polar surface area (TPSA) is 107 Å². The van der Waals surface area contributed by atoms with Crippen LogP contribution < -0.4 is 22.1 Å². The van der Waals surface area contributed by atoms with E-state index in [1.54, 1.807) is 6.92 Å². The van der Waals surface area contributed by atoms with Gasteiger partial charge in [-0.25, -0.2) is 4.98 Å². The van der Waals surface area contributed by atoms with Gasteiger partial charge in [-0.05, 0) is 30.7 Å². The van der Waals surface area contributed by atoms with Gasteiger partial charge in [-0.1, -0.05) is 5.46 Å². The van der Waals surface area contributed by atoms with E-state index in [0.29, 0.717) is 11.0 Å². The smallest absolute Gasteiger partial charge is 0.264 e. The van der Waals surface area contributed by atoms with Crippen molar-refractivity contribution in [3.63, 3.8) is 0 Å². The first kappa shape index (κ1) is 16.4. The van der Waals surface area contributed by atoms with Crippen molar-refractivity contribution in [1.29, 1.82) is 0 Å². The van der Waals surface area contributed by atoms with Gasteiger partial charge in [0.25, 0.3) is 5.56 Å². The second kappa shape index (κ2) is 5.26. The molecule has 1 unspecified atom stereocenters. The minimum absolute atomic E-state index is 0.138. The zero-order chi connectivity index (χ0) is 17.8. The Labute approximate surface area is 141 Å². The predicted molar refractivity (Wildman–Crippen MR) is 91.5 cm³/mol. The number of hydrogen-bond acceptors (Lipinski definition) is 5. The Kier molecular flexibility index (Phi) is 3.58.